The molecule has 4 rings (SSSR count). The molecule has 1 aromatic carbocycles. The summed E-state index contributed by atoms with van der Waals surface area (Å²) in [6, 6.07) is 3.59. The Morgan fingerprint density at radius 3 is 2.59 bits per heavy atom. The van der Waals surface area contributed by atoms with E-state index in [2.05, 4.69) is 4.98 Å². The fraction of sp³-hybridized carbons (Fsp3) is 0.500. The number of aliphatic hydroxyl groups is 1. The van der Waals surface area contributed by atoms with E-state index in [4.69, 9.17) is 0 Å². The minimum atomic E-state index is -4.88. The quantitative estimate of drug-likeness (QED) is 0.780. The van der Waals surface area contributed by atoms with Crippen LogP contribution in [0.3, 0.4) is 0 Å². The molecule has 1 amide bonds. The summed E-state index contributed by atoms with van der Waals surface area (Å²) >= 11 is 0. The van der Waals surface area contributed by atoms with Crippen LogP contribution in [0.1, 0.15) is 66.1 Å². The fourth-order valence-corrected chi connectivity index (χ4v) is 3.94. The minimum absolute atomic E-state index is 0.0611. The number of fused-ring (bicyclic) bond motifs is 1. The lowest BCUT2D eigenvalue weighted by atomic mass is 10.0. The number of rotatable bonds is 3. The summed E-state index contributed by atoms with van der Waals surface area (Å²) in [5, 5.41) is 10.0. The molecule has 2 heterocycles. The van der Waals surface area contributed by atoms with Crippen LogP contribution >= 0.6 is 0 Å². The molecule has 9 heteroatoms. The van der Waals surface area contributed by atoms with E-state index in [0.717, 1.165) is 12.8 Å². The Kier molecular flexibility index (Phi) is 4.49. The number of imidazole rings is 1. The van der Waals surface area contributed by atoms with Crippen molar-refractivity contribution >= 4 is 5.91 Å². The van der Waals surface area contributed by atoms with Crippen LogP contribution < -0.4 is 0 Å². The van der Waals surface area contributed by atoms with Gasteiger partial charge in [-0.15, -0.1) is 0 Å². The number of hydrogen-bond donors (Lipinski definition) is 1. The van der Waals surface area contributed by atoms with Crippen LogP contribution in [-0.2, 0) is 12.1 Å². The molecule has 0 unspecified atom stereocenters. The maximum absolute atomic E-state index is 13.7. The number of benzene rings is 1. The number of carbonyl (C=O) groups excluding carboxylic acids is 1. The summed E-state index contributed by atoms with van der Waals surface area (Å²) < 4.78 is 54.9. The van der Waals surface area contributed by atoms with Crippen molar-refractivity contribution in [1.82, 2.24) is 14.5 Å². The van der Waals surface area contributed by atoms with Crippen LogP contribution in [0.4, 0.5) is 17.6 Å². The number of nitrogens with zero attached hydrogens (tertiary/aromatic N) is 3. The summed E-state index contributed by atoms with van der Waals surface area (Å²) in [5.41, 5.74) is -1.58. The lowest BCUT2D eigenvalue weighted by molar-refractivity contribution is -0.263. The third-order valence-electron chi connectivity index (χ3n) is 5.69. The van der Waals surface area contributed by atoms with Gasteiger partial charge in [-0.2, -0.15) is 13.2 Å². The first-order valence-corrected chi connectivity index (χ1v) is 9.45. The van der Waals surface area contributed by atoms with E-state index in [-0.39, 0.29) is 24.9 Å². The van der Waals surface area contributed by atoms with E-state index in [0.29, 0.717) is 23.7 Å². The molecule has 0 saturated heterocycles. The third-order valence-corrected chi connectivity index (χ3v) is 5.69. The number of hydrogen-bond acceptors (Lipinski definition) is 3. The zero-order chi connectivity index (χ0) is 21.1. The Hall–Kier alpha value is -2.42. The van der Waals surface area contributed by atoms with Gasteiger partial charge in [0.25, 0.3) is 5.91 Å². The molecule has 29 heavy (non-hydrogen) atoms. The van der Waals surface area contributed by atoms with Crippen molar-refractivity contribution < 1.29 is 27.5 Å². The average molecular weight is 411 g/mol. The monoisotopic (exact) mass is 411 g/mol. The third kappa shape index (κ3) is 3.31. The minimum Gasteiger partial charge on any atom is -0.374 e. The lowest BCUT2D eigenvalue weighted by Crippen LogP contribution is -2.45. The van der Waals surface area contributed by atoms with Gasteiger partial charge in [-0.05, 0) is 56.4 Å². The van der Waals surface area contributed by atoms with Crippen LogP contribution in [0.25, 0.3) is 0 Å². The fourth-order valence-electron chi connectivity index (χ4n) is 3.94. The Morgan fingerprint density at radius 1 is 1.28 bits per heavy atom. The molecule has 2 aliphatic rings. The number of carbonyl (C=O) groups is 1. The van der Waals surface area contributed by atoms with Crippen LogP contribution in [0, 0.1) is 5.82 Å². The van der Waals surface area contributed by atoms with Crippen LogP contribution in [0.2, 0.25) is 0 Å². The smallest absolute Gasteiger partial charge is 0.374 e. The van der Waals surface area contributed by atoms with E-state index in [1.165, 1.54) is 33.9 Å². The first-order chi connectivity index (χ1) is 13.5. The maximum Gasteiger partial charge on any atom is 0.424 e. The molecule has 1 aliphatic heterocycles. The molecule has 0 spiro atoms. The van der Waals surface area contributed by atoms with Gasteiger partial charge in [0.2, 0.25) is 5.60 Å². The van der Waals surface area contributed by atoms with Crippen LogP contribution in [0.5, 0.6) is 0 Å². The van der Waals surface area contributed by atoms with E-state index in [1.807, 2.05) is 0 Å². The Balaban J connectivity index is 1.65. The second-order valence-corrected chi connectivity index (χ2v) is 8.05. The van der Waals surface area contributed by atoms with Gasteiger partial charge in [0.1, 0.15) is 5.82 Å². The van der Waals surface area contributed by atoms with Gasteiger partial charge >= 0.3 is 6.18 Å². The average Bonchev–Trinajstić information content (AvgIpc) is 3.38. The second-order valence-electron chi connectivity index (χ2n) is 8.05. The molecular weight excluding hydrogens is 390 g/mol. The highest BCUT2D eigenvalue weighted by Crippen LogP contribution is 2.43. The summed E-state index contributed by atoms with van der Waals surface area (Å²) in [7, 11) is 0. The molecule has 1 N–H and O–H groups in total. The Morgan fingerprint density at radius 2 is 1.97 bits per heavy atom. The number of amides is 1. The highest BCUT2D eigenvalue weighted by Gasteiger charge is 2.55. The van der Waals surface area contributed by atoms with Crippen molar-refractivity contribution in [2.75, 3.05) is 6.54 Å². The molecule has 1 saturated carbocycles. The van der Waals surface area contributed by atoms with Gasteiger partial charge in [-0.1, -0.05) is 0 Å². The van der Waals surface area contributed by atoms with Gasteiger partial charge in [0.05, 0.1) is 24.5 Å². The van der Waals surface area contributed by atoms with E-state index >= 15 is 0 Å². The molecule has 1 aliphatic carbocycles. The number of halogens is 4. The first kappa shape index (κ1) is 19.9. The molecule has 2 atom stereocenters. The zero-order valence-corrected chi connectivity index (χ0v) is 16.0. The first-order valence-electron chi connectivity index (χ1n) is 9.45. The normalized spacial score (nSPS) is 21.6. The van der Waals surface area contributed by atoms with Gasteiger partial charge < -0.3 is 14.6 Å². The van der Waals surface area contributed by atoms with Crippen molar-refractivity contribution in [3.8, 4) is 0 Å². The second kappa shape index (κ2) is 6.55. The molecule has 1 aromatic heterocycles. The summed E-state index contributed by atoms with van der Waals surface area (Å²) in [4.78, 5) is 18.5. The summed E-state index contributed by atoms with van der Waals surface area (Å²) in [5.74, 6) is -0.992. The molecular formula is C20H21F4N3O2. The summed E-state index contributed by atoms with van der Waals surface area (Å²) in [6.45, 7) is 2.57. The number of alkyl halides is 3. The van der Waals surface area contributed by atoms with Crippen LogP contribution in [-0.4, -0.2) is 38.2 Å². The molecule has 0 bridgehead atoms. The maximum atomic E-state index is 13.7. The van der Waals surface area contributed by atoms with Crippen molar-refractivity contribution in [2.45, 2.75) is 57.0 Å². The number of aromatic nitrogens is 2. The molecule has 2 aromatic rings. The van der Waals surface area contributed by atoms with E-state index in [9.17, 15) is 27.5 Å². The van der Waals surface area contributed by atoms with Gasteiger partial charge in [-0.3, -0.25) is 4.79 Å². The standard InChI is InChI=1S/C20H21F4N3O2/c1-11-9-26(17(28)15-6-5-13(21)7-16(15)12-3-4-12)10-14-8-25-18(27(11)14)19(2,29)20(22,23)24/h5-8,11-12,29H,3-4,9-10H2,1-2H3/t11-,19+/m0/s1. The SMILES string of the molecule is C[C@H]1CN(C(=O)c2ccc(F)cc2C2CC2)Cc2cnc([C@@](C)(O)C(F)(F)F)n21. The van der Waals surface area contributed by atoms with Gasteiger partial charge in [0.15, 0.2) is 5.82 Å². The topological polar surface area (TPSA) is 58.4 Å². The Bertz CT molecular complexity index is 963. The van der Waals surface area contributed by atoms with E-state index < -0.39 is 29.5 Å². The van der Waals surface area contributed by atoms with Crippen molar-refractivity contribution in [2.24, 2.45) is 0 Å². The molecule has 1 fully saturated rings. The van der Waals surface area contributed by atoms with Crippen molar-refractivity contribution in [1.29, 1.82) is 0 Å². The largest absolute Gasteiger partial charge is 0.424 e. The molecule has 5 nitrogen and oxygen atoms in total. The van der Waals surface area contributed by atoms with E-state index in [1.54, 1.807) is 6.92 Å². The van der Waals surface area contributed by atoms with Crippen molar-refractivity contribution in [3.63, 3.8) is 0 Å². The van der Waals surface area contributed by atoms with Gasteiger partial charge in [-0.25, -0.2) is 9.37 Å². The summed E-state index contributed by atoms with van der Waals surface area (Å²) in [6.07, 6.45) is -1.81. The lowest BCUT2D eigenvalue weighted by Gasteiger charge is -2.36. The van der Waals surface area contributed by atoms with Gasteiger partial charge in [0, 0.05) is 12.1 Å². The highest BCUT2D eigenvalue weighted by molar-refractivity contribution is 5.96. The predicted octanol–water partition coefficient (Wildman–Crippen LogP) is 3.89. The Labute approximate surface area is 165 Å². The van der Waals surface area contributed by atoms with Crippen molar-refractivity contribution in [3.05, 3.63) is 52.9 Å². The molecule has 156 valence electrons. The predicted molar refractivity (Wildman–Crippen MR) is 95.7 cm³/mol. The highest BCUT2D eigenvalue weighted by atomic mass is 19.4. The molecule has 0 radical (unpaired) electrons. The van der Waals surface area contributed by atoms with Crippen LogP contribution in [0.15, 0.2) is 24.4 Å². The zero-order valence-electron chi connectivity index (χ0n) is 16.0.